The normalized spacial score (nSPS) is 20.3. The fourth-order valence-corrected chi connectivity index (χ4v) is 3.02. The summed E-state index contributed by atoms with van der Waals surface area (Å²) >= 11 is 0. The number of esters is 1. The van der Waals surface area contributed by atoms with Gasteiger partial charge in [0.15, 0.2) is 6.10 Å². The Kier molecular flexibility index (Phi) is 4.64. The minimum absolute atomic E-state index is 0.0803. The van der Waals surface area contributed by atoms with E-state index in [9.17, 15) is 14.4 Å². The van der Waals surface area contributed by atoms with Gasteiger partial charge in [0.1, 0.15) is 6.54 Å². The molecule has 0 unspecified atom stereocenters. The van der Waals surface area contributed by atoms with E-state index in [-0.39, 0.29) is 30.8 Å². The van der Waals surface area contributed by atoms with Crippen LogP contribution >= 0.6 is 0 Å². The Hall–Kier alpha value is -2.63. The number of ether oxygens (including phenoxy) is 1. The van der Waals surface area contributed by atoms with Crippen molar-refractivity contribution in [3.63, 3.8) is 0 Å². The topological polar surface area (TPSA) is 75.7 Å². The summed E-state index contributed by atoms with van der Waals surface area (Å²) in [5, 5.41) is 2.72. The molecule has 1 aliphatic carbocycles. The first-order valence-electron chi connectivity index (χ1n) is 8.11. The van der Waals surface area contributed by atoms with E-state index in [0.717, 1.165) is 12.8 Å². The minimum Gasteiger partial charge on any atom is -0.453 e. The molecular weight excluding hydrogens is 308 g/mol. The van der Waals surface area contributed by atoms with E-state index in [4.69, 9.17) is 4.74 Å². The van der Waals surface area contributed by atoms with Crippen LogP contribution in [0.15, 0.2) is 36.4 Å². The van der Waals surface area contributed by atoms with E-state index in [1.807, 2.05) is 6.08 Å². The highest BCUT2D eigenvalue weighted by Crippen LogP contribution is 2.29. The first-order valence-corrected chi connectivity index (χ1v) is 8.11. The van der Waals surface area contributed by atoms with Gasteiger partial charge in [-0.1, -0.05) is 24.3 Å². The molecule has 2 amide bonds. The largest absolute Gasteiger partial charge is 0.453 e. The van der Waals surface area contributed by atoms with Gasteiger partial charge in [-0.3, -0.25) is 19.3 Å². The van der Waals surface area contributed by atoms with Crippen LogP contribution in [0.2, 0.25) is 0 Å². The number of amides is 2. The zero-order valence-corrected chi connectivity index (χ0v) is 13.5. The highest BCUT2D eigenvalue weighted by Gasteiger charge is 2.31. The monoisotopic (exact) mass is 328 g/mol. The first-order chi connectivity index (χ1) is 11.5. The molecule has 0 aromatic heterocycles. The van der Waals surface area contributed by atoms with E-state index in [1.165, 1.54) is 4.90 Å². The molecule has 6 heteroatoms. The molecule has 1 N–H and O–H groups in total. The quantitative estimate of drug-likeness (QED) is 0.679. The Morgan fingerprint density at radius 2 is 2.17 bits per heavy atom. The van der Waals surface area contributed by atoms with Gasteiger partial charge in [0.2, 0.25) is 5.91 Å². The lowest BCUT2D eigenvalue weighted by atomic mass is 10.1. The summed E-state index contributed by atoms with van der Waals surface area (Å²) in [4.78, 5) is 37.8. The molecule has 2 aliphatic rings. The number of allylic oxidation sites excluding steroid dienone is 2. The summed E-state index contributed by atoms with van der Waals surface area (Å²) < 4.78 is 5.28. The van der Waals surface area contributed by atoms with Crippen molar-refractivity contribution in [1.29, 1.82) is 0 Å². The van der Waals surface area contributed by atoms with Crippen molar-refractivity contribution in [2.45, 2.75) is 32.3 Å². The minimum atomic E-state index is -0.929. The molecule has 0 bridgehead atoms. The third-order valence-electron chi connectivity index (χ3n) is 4.23. The molecule has 0 fully saturated rings. The summed E-state index contributed by atoms with van der Waals surface area (Å²) in [6.45, 7) is 1.46. The van der Waals surface area contributed by atoms with Crippen molar-refractivity contribution in [3.05, 3.63) is 36.4 Å². The highest BCUT2D eigenvalue weighted by atomic mass is 16.5. The molecule has 24 heavy (non-hydrogen) atoms. The van der Waals surface area contributed by atoms with Gasteiger partial charge in [-0.25, -0.2) is 0 Å². The van der Waals surface area contributed by atoms with Crippen molar-refractivity contribution in [1.82, 2.24) is 0 Å². The third-order valence-corrected chi connectivity index (χ3v) is 4.23. The van der Waals surface area contributed by atoms with Crippen LogP contribution in [-0.2, 0) is 19.1 Å². The Morgan fingerprint density at radius 1 is 1.38 bits per heavy atom. The molecule has 1 aromatic rings. The van der Waals surface area contributed by atoms with Crippen molar-refractivity contribution in [2.75, 3.05) is 16.8 Å². The molecule has 1 heterocycles. The molecule has 0 spiro atoms. The standard InChI is InChI=1S/C18H20N2O4/c1-12(24-17(22)10-13-6-2-3-7-13)18(23)20-11-16(21)19-14-8-4-5-9-15(14)20/h2,4-6,8-9,12-13H,3,7,10-11H2,1H3,(H,19,21)/t12-,13+/m0/s1. The molecular formula is C18H20N2O4. The number of anilines is 2. The van der Waals surface area contributed by atoms with E-state index < -0.39 is 12.0 Å². The molecule has 0 saturated carbocycles. The molecule has 1 aliphatic heterocycles. The molecule has 3 rings (SSSR count). The van der Waals surface area contributed by atoms with E-state index in [2.05, 4.69) is 11.4 Å². The summed E-state index contributed by atoms with van der Waals surface area (Å²) in [5.41, 5.74) is 1.19. The average molecular weight is 328 g/mol. The fraction of sp³-hybridized carbons (Fsp3) is 0.389. The van der Waals surface area contributed by atoms with Crippen LogP contribution in [0.4, 0.5) is 11.4 Å². The molecule has 126 valence electrons. The summed E-state index contributed by atoms with van der Waals surface area (Å²) in [6, 6.07) is 7.06. The van der Waals surface area contributed by atoms with Gasteiger partial charge >= 0.3 is 5.97 Å². The number of nitrogens with zero attached hydrogens (tertiary/aromatic N) is 1. The molecule has 6 nitrogen and oxygen atoms in total. The fourth-order valence-electron chi connectivity index (χ4n) is 3.02. The number of carbonyl (C=O) groups is 3. The molecule has 2 atom stereocenters. The highest BCUT2D eigenvalue weighted by molar-refractivity contribution is 6.11. The van der Waals surface area contributed by atoms with Crippen LogP contribution in [-0.4, -0.2) is 30.4 Å². The second-order valence-corrected chi connectivity index (χ2v) is 6.09. The first kappa shape index (κ1) is 16.2. The predicted octanol–water partition coefficient (Wildman–Crippen LogP) is 2.26. The lowest BCUT2D eigenvalue weighted by molar-refractivity contribution is -0.154. The number of carbonyl (C=O) groups excluding carboxylic acids is 3. The van der Waals surface area contributed by atoms with E-state index in [1.54, 1.807) is 31.2 Å². The predicted molar refractivity (Wildman–Crippen MR) is 89.5 cm³/mol. The number of hydrogen-bond donors (Lipinski definition) is 1. The molecule has 0 saturated heterocycles. The number of rotatable bonds is 4. The maximum atomic E-state index is 12.6. The third kappa shape index (κ3) is 3.48. The second kappa shape index (κ2) is 6.86. The lowest BCUT2D eigenvalue weighted by Gasteiger charge is -2.30. The smallest absolute Gasteiger partial charge is 0.307 e. The number of fused-ring (bicyclic) bond motifs is 1. The molecule has 0 radical (unpaired) electrons. The number of hydrogen-bond acceptors (Lipinski definition) is 4. The zero-order valence-electron chi connectivity index (χ0n) is 13.5. The van der Waals surface area contributed by atoms with Gasteiger partial charge in [-0.15, -0.1) is 0 Å². The number of para-hydroxylation sites is 2. The van der Waals surface area contributed by atoms with Gasteiger partial charge < -0.3 is 10.1 Å². The summed E-state index contributed by atoms with van der Waals surface area (Å²) in [6.07, 6.45) is 5.34. The van der Waals surface area contributed by atoms with Crippen LogP contribution < -0.4 is 10.2 Å². The van der Waals surface area contributed by atoms with Crippen molar-refractivity contribution >= 4 is 29.2 Å². The maximum Gasteiger partial charge on any atom is 0.307 e. The van der Waals surface area contributed by atoms with Gasteiger partial charge in [0.25, 0.3) is 5.91 Å². The van der Waals surface area contributed by atoms with Gasteiger partial charge in [-0.05, 0) is 37.8 Å². The Labute approximate surface area is 140 Å². The van der Waals surface area contributed by atoms with Gasteiger partial charge in [0, 0.05) is 0 Å². The second-order valence-electron chi connectivity index (χ2n) is 6.09. The SMILES string of the molecule is C[C@H](OC(=O)C[C@@H]1C=CCC1)C(=O)N1CC(=O)Nc2ccccc21. The molecule has 1 aromatic carbocycles. The van der Waals surface area contributed by atoms with Crippen LogP contribution in [0.1, 0.15) is 26.2 Å². The van der Waals surface area contributed by atoms with Crippen molar-refractivity contribution < 1.29 is 19.1 Å². The van der Waals surface area contributed by atoms with Crippen molar-refractivity contribution in [3.8, 4) is 0 Å². The van der Waals surface area contributed by atoms with Gasteiger partial charge in [0.05, 0.1) is 17.8 Å². The Bertz CT molecular complexity index is 698. The maximum absolute atomic E-state index is 12.6. The van der Waals surface area contributed by atoms with Crippen LogP contribution in [0, 0.1) is 5.92 Å². The zero-order chi connectivity index (χ0) is 17.1. The Balaban J connectivity index is 1.66. The van der Waals surface area contributed by atoms with Gasteiger partial charge in [-0.2, -0.15) is 0 Å². The summed E-state index contributed by atoms with van der Waals surface area (Å²) in [7, 11) is 0. The van der Waals surface area contributed by atoms with Crippen LogP contribution in [0.3, 0.4) is 0 Å². The van der Waals surface area contributed by atoms with Crippen molar-refractivity contribution in [2.24, 2.45) is 5.92 Å². The van der Waals surface area contributed by atoms with E-state index >= 15 is 0 Å². The number of nitrogens with one attached hydrogen (secondary N) is 1. The van der Waals surface area contributed by atoms with E-state index in [0.29, 0.717) is 11.4 Å². The average Bonchev–Trinajstić information content (AvgIpc) is 3.06. The van der Waals surface area contributed by atoms with Crippen LogP contribution in [0.5, 0.6) is 0 Å². The number of benzene rings is 1. The summed E-state index contributed by atoms with van der Waals surface area (Å²) in [5.74, 6) is -0.854. The lowest BCUT2D eigenvalue weighted by Crippen LogP contribution is -2.47. The van der Waals surface area contributed by atoms with Crippen LogP contribution in [0.25, 0.3) is 0 Å². The Morgan fingerprint density at radius 3 is 2.92 bits per heavy atom.